The van der Waals surface area contributed by atoms with Crippen molar-refractivity contribution < 1.29 is 14.4 Å². The molecule has 1 heterocycles. The predicted octanol–water partition coefficient (Wildman–Crippen LogP) is 2.28. The van der Waals surface area contributed by atoms with Gasteiger partial charge in [-0.1, -0.05) is 53.2 Å². The van der Waals surface area contributed by atoms with E-state index in [1.165, 1.54) is 5.56 Å². The molecule has 3 rings (SSSR count). The molecule has 29 heavy (non-hydrogen) atoms. The van der Waals surface area contributed by atoms with Gasteiger partial charge in [0.1, 0.15) is 6.21 Å². The van der Waals surface area contributed by atoms with E-state index in [0.29, 0.717) is 18.8 Å². The summed E-state index contributed by atoms with van der Waals surface area (Å²) in [5.41, 5.74) is 3.06. The highest BCUT2D eigenvalue weighted by molar-refractivity contribution is 6.31. The first-order valence-corrected chi connectivity index (χ1v) is 9.67. The molecule has 2 aromatic carbocycles. The van der Waals surface area contributed by atoms with Gasteiger partial charge in [0.2, 0.25) is 0 Å². The summed E-state index contributed by atoms with van der Waals surface area (Å²) in [6.07, 6.45) is 1.03. The lowest BCUT2D eigenvalue weighted by atomic mass is 10.2. The number of oxime groups is 1. The molecule has 1 saturated heterocycles. The van der Waals surface area contributed by atoms with Crippen LogP contribution in [0.1, 0.15) is 11.1 Å². The van der Waals surface area contributed by atoms with Crippen LogP contribution in [0, 0.1) is 6.92 Å². The molecule has 1 N–H and O–H groups in total. The Morgan fingerprint density at radius 2 is 1.72 bits per heavy atom. The zero-order valence-corrected chi connectivity index (χ0v) is 16.6. The Labute approximate surface area is 170 Å². The number of amides is 2. The average Bonchev–Trinajstić information content (AvgIpc) is 2.74. The topological polar surface area (TPSA) is 74.2 Å². The number of nitrogens with one attached hydrogen (secondary N) is 1. The Kier molecular flexibility index (Phi) is 7.35. The third kappa shape index (κ3) is 6.73. The Bertz CT molecular complexity index is 829. The number of carbonyl (C=O) groups excluding carboxylic acids is 2. The van der Waals surface area contributed by atoms with Crippen LogP contribution in [-0.2, 0) is 21.0 Å². The SMILES string of the molecule is Cc1ccc(NC(=O)C=NOCC(=O)N2CCN(Cc3ccccc3)CC2)cc1. The normalized spacial score (nSPS) is 14.7. The summed E-state index contributed by atoms with van der Waals surface area (Å²) in [5.74, 6) is -0.531. The monoisotopic (exact) mass is 394 g/mol. The molecule has 0 bridgehead atoms. The minimum atomic E-state index is -0.407. The third-order valence-corrected chi connectivity index (χ3v) is 4.73. The number of carbonyl (C=O) groups is 2. The Balaban J connectivity index is 1.34. The summed E-state index contributed by atoms with van der Waals surface area (Å²) in [4.78, 5) is 33.1. The minimum Gasteiger partial charge on any atom is -0.386 e. The summed E-state index contributed by atoms with van der Waals surface area (Å²) < 4.78 is 0. The first-order chi connectivity index (χ1) is 14.1. The maximum absolute atomic E-state index is 12.2. The largest absolute Gasteiger partial charge is 0.386 e. The van der Waals surface area contributed by atoms with Gasteiger partial charge in [-0.2, -0.15) is 0 Å². The van der Waals surface area contributed by atoms with Crippen molar-refractivity contribution in [1.29, 1.82) is 0 Å². The van der Waals surface area contributed by atoms with Crippen molar-refractivity contribution in [2.75, 3.05) is 38.1 Å². The fourth-order valence-corrected chi connectivity index (χ4v) is 3.08. The number of aryl methyl sites for hydroxylation is 1. The van der Waals surface area contributed by atoms with E-state index in [-0.39, 0.29) is 12.5 Å². The lowest BCUT2D eigenvalue weighted by molar-refractivity contribution is -0.138. The van der Waals surface area contributed by atoms with Gasteiger partial charge < -0.3 is 15.1 Å². The van der Waals surface area contributed by atoms with Crippen molar-refractivity contribution >= 4 is 23.7 Å². The zero-order chi connectivity index (χ0) is 20.5. The molecule has 2 amide bonds. The van der Waals surface area contributed by atoms with Gasteiger partial charge in [-0.05, 0) is 24.6 Å². The molecule has 7 nitrogen and oxygen atoms in total. The first-order valence-electron chi connectivity index (χ1n) is 9.67. The number of benzene rings is 2. The second-order valence-electron chi connectivity index (χ2n) is 7.01. The first kappa shape index (κ1) is 20.5. The van der Waals surface area contributed by atoms with Gasteiger partial charge in [-0.15, -0.1) is 0 Å². The third-order valence-electron chi connectivity index (χ3n) is 4.73. The molecule has 0 aromatic heterocycles. The Morgan fingerprint density at radius 1 is 1.03 bits per heavy atom. The van der Waals surface area contributed by atoms with E-state index >= 15 is 0 Å². The summed E-state index contributed by atoms with van der Waals surface area (Å²) >= 11 is 0. The van der Waals surface area contributed by atoms with Gasteiger partial charge in [0.25, 0.3) is 11.8 Å². The van der Waals surface area contributed by atoms with Gasteiger partial charge in [-0.3, -0.25) is 14.5 Å². The minimum absolute atomic E-state index is 0.125. The molecule has 152 valence electrons. The number of nitrogens with zero attached hydrogens (tertiary/aromatic N) is 3. The summed E-state index contributed by atoms with van der Waals surface area (Å²) in [7, 11) is 0. The van der Waals surface area contributed by atoms with Crippen molar-refractivity contribution in [3.05, 3.63) is 65.7 Å². The second-order valence-corrected chi connectivity index (χ2v) is 7.01. The highest BCUT2D eigenvalue weighted by Crippen LogP contribution is 2.09. The molecule has 0 spiro atoms. The zero-order valence-electron chi connectivity index (χ0n) is 16.6. The van der Waals surface area contributed by atoms with Crippen LogP contribution in [-0.4, -0.2) is 60.6 Å². The molecule has 0 radical (unpaired) electrons. The van der Waals surface area contributed by atoms with E-state index in [2.05, 4.69) is 27.5 Å². The Morgan fingerprint density at radius 3 is 2.41 bits per heavy atom. The lowest BCUT2D eigenvalue weighted by Crippen LogP contribution is -2.49. The van der Waals surface area contributed by atoms with Crippen molar-refractivity contribution in [1.82, 2.24) is 9.80 Å². The number of hydrogen-bond donors (Lipinski definition) is 1. The number of piperazine rings is 1. The van der Waals surface area contributed by atoms with Crippen molar-refractivity contribution in [2.24, 2.45) is 5.16 Å². The van der Waals surface area contributed by atoms with E-state index < -0.39 is 5.91 Å². The average molecular weight is 394 g/mol. The molecule has 2 aromatic rings. The predicted molar refractivity (Wildman–Crippen MR) is 113 cm³/mol. The van der Waals surface area contributed by atoms with E-state index in [9.17, 15) is 9.59 Å². The van der Waals surface area contributed by atoms with Gasteiger partial charge in [0.05, 0.1) is 0 Å². The van der Waals surface area contributed by atoms with E-state index in [1.54, 1.807) is 4.90 Å². The molecular formula is C22H26N4O3. The summed E-state index contributed by atoms with van der Waals surface area (Å²) in [6, 6.07) is 17.7. The Hall–Kier alpha value is -3.19. The van der Waals surface area contributed by atoms with Crippen molar-refractivity contribution in [3.8, 4) is 0 Å². The molecule has 0 aliphatic carbocycles. The smallest absolute Gasteiger partial charge is 0.270 e. The molecule has 1 aliphatic heterocycles. The van der Waals surface area contributed by atoms with Crippen LogP contribution in [0.25, 0.3) is 0 Å². The van der Waals surface area contributed by atoms with Crippen LogP contribution >= 0.6 is 0 Å². The fraction of sp³-hybridized carbons (Fsp3) is 0.318. The number of anilines is 1. The molecule has 1 fully saturated rings. The second kappa shape index (κ2) is 10.4. The van der Waals surface area contributed by atoms with Crippen LogP contribution in [0.15, 0.2) is 59.8 Å². The molecule has 0 unspecified atom stereocenters. The van der Waals surface area contributed by atoms with Crippen LogP contribution < -0.4 is 5.32 Å². The quantitative estimate of drug-likeness (QED) is 0.578. The van der Waals surface area contributed by atoms with Gasteiger partial charge in [-0.25, -0.2) is 0 Å². The standard InChI is InChI=1S/C22H26N4O3/c1-18-7-9-20(10-8-18)24-21(27)15-23-29-17-22(28)26-13-11-25(12-14-26)16-19-5-3-2-4-6-19/h2-10,15H,11-14,16-17H2,1H3,(H,24,27). The maximum Gasteiger partial charge on any atom is 0.270 e. The molecule has 0 atom stereocenters. The van der Waals surface area contributed by atoms with Gasteiger partial charge in [0, 0.05) is 38.4 Å². The highest BCUT2D eigenvalue weighted by Gasteiger charge is 2.21. The maximum atomic E-state index is 12.2. The fourth-order valence-electron chi connectivity index (χ4n) is 3.08. The van der Waals surface area contributed by atoms with Crippen LogP contribution in [0.5, 0.6) is 0 Å². The highest BCUT2D eigenvalue weighted by atomic mass is 16.6. The van der Waals surface area contributed by atoms with E-state index in [4.69, 9.17) is 4.84 Å². The van der Waals surface area contributed by atoms with Gasteiger partial charge >= 0.3 is 0 Å². The molecule has 1 aliphatic rings. The number of rotatable bonds is 7. The van der Waals surface area contributed by atoms with Crippen LogP contribution in [0.2, 0.25) is 0 Å². The molecule has 7 heteroatoms. The summed E-state index contributed by atoms with van der Waals surface area (Å²) in [5, 5.41) is 6.27. The van der Waals surface area contributed by atoms with E-state index in [0.717, 1.165) is 31.4 Å². The lowest BCUT2D eigenvalue weighted by Gasteiger charge is -2.34. The van der Waals surface area contributed by atoms with E-state index in [1.807, 2.05) is 49.4 Å². The summed E-state index contributed by atoms with van der Waals surface area (Å²) in [6.45, 7) is 5.65. The van der Waals surface area contributed by atoms with Crippen molar-refractivity contribution in [3.63, 3.8) is 0 Å². The van der Waals surface area contributed by atoms with Gasteiger partial charge in [0.15, 0.2) is 6.61 Å². The molecule has 0 saturated carbocycles. The molecular weight excluding hydrogens is 368 g/mol. The van der Waals surface area contributed by atoms with Crippen LogP contribution in [0.3, 0.4) is 0 Å². The van der Waals surface area contributed by atoms with Crippen LogP contribution in [0.4, 0.5) is 5.69 Å². The number of hydrogen-bond acceptors (Lipinski definition) is 5. The van der Waals surface area contributed by atoms with Crippen molar-refractivity contribution in [2.45, 2.75) is 13.5 Å².